The van der Waals surface area contributed by atoms with Gasteiger partial charge in [0.25, 0.3) is 0 Å². The number of carbonyl (C=O) groups excluding carboxylic acids is 1. The third-order valence-corrected chi connectivity index (χ3v) is 3.53. The number of benzene rings is 1. The third-order valence-electron chi connectivity index (χ3n) is 3.00. The molecule has 1 fully saturated rings. The fourth-order valence-electron chi connectivity index (χ4n) is 2.21. The van der Waals surface area contributed by atoms with E-state index in [1.165, 1.54) is 5.56 Å². The summed E-state index contributed by atoms with van der Waals surface area (Å²) >= 11 is 3.41. The maximum atomic E-state index is 11.7. The summed E-state index contributed by atoms with van der Waals surface area (Å²) in [6.07, 6.45) is 2.10. The van der Waals surface area contributed by atoms with Crippen LogP contribution in [0.3, 0.4) is 0 Å². The molecule has 1 aromatic carbocycles. The molecule has 2 N–H and O–H groups in total. The van der Waals surface area contributed by atoms with Gasteiger partial charge in [0, 0.05) is 11.0 Å². The van der Waals surface area contributed by atoms with Gasteiger partial charge in [-0.1, -0.05) is 28.1 Å². The molecule has 0 aromatic heterocycles. The van der Waals surface area contributed by atoms with Gasteiger partial charge in [0.05, 0.1) is 12.6 Å². The fourth-order valence-corrected chi connectivity index (χ4v) is 2.48. The van der Waals surface area contributed by atoms with Crippen molar-refractivity contribution >= 4 is 34.2 Å². The Bertz CT molecular complexity index is 383. The zero-order valence-corrected chi connectivity index (χ0v) is 11.8. The molecule has 17 heavy (non-hydrogen) atoms. The molecule has 1 saturated heterocycles. The summed E-state index contributed by atoms with van der Waals surface area (Å²) in [5, 5.41) is 0. The quantitative estimate of drug-likeness (QED) is 0.910. The maximum absolute atomic E-state index is 11.7. The van der Waals surface area contributed by atoms with Crippen molar-refractivity contribution in [2.75, 3.05) is 13.1 Å². The number of hydrogen-bond acceptors (Lipinski definition) is 2. The molecule has 3 nitrogen and oxygen atoms in total. The Morgan fingerprint density at radius 3 is 2.65 bits per heavy atom. The lowest BCUT2D eigenvalue weighted by molar-refractivity contribution is -0.130. The maximum Gasteiger partial charge on any atom is 0.236 e. The zero-order chi connectivity index (χ0) is 11.5. The molecular weight excluding hydrogens is 304 g/mol. The van der Waals surface area contributed by atoms with E-state index in [0.717, 1.165) is 23.9 Å². The second-order valence-corrected chi connectivity index (χ2v) is 4.92. The standard InChI is InChI=1S/C12H15BrN2O.ClH/c13-10-5-3-9(4-6-10)11-2-1-7-15(11)12(16)8-14;/h3-6,11H,1-2,7-8,14H2;1H. The minimum atomic E-state index is 0. The average Bonchev–Trinajstić information content (AvgIpc) is 2.78. The number of likely N-dealkylation sites (tertiary alicyclic amines) is 1. The Morgan fingerprint density at radius 1 is 1.41 bits per heavy atom. The van der Waals surface area contributed by atoms with Crippen LogP contribution < -0.4 is 5.73 Å². The smallest absolute Gasteiger partial charge is 0.236 e. The lowest BCUT2D eigenvalue weighted by atomic mass is 10.0. The summed E-state index contributed by atoms with van der Waals surface area (Å²) in [4.78, 5) is 13.5. The van der Waals surface area contributed by atoms with Gasteiger partial charge in [-0.3, -0.25) is 4.79 Å². The third kappa shape index (κ3) is 3.21. The molecule has 1 aliphatic heterocycles. The van der Waals surface area contributed by atoms with Crippen LogP contribution in [0.25, 0.3) is 0 Å². The van der Waals surface area contributed by atoms with Crippen LogP contribution >= 0.6 is 28.3 Å². The van der Waals surface area contributed by atoms with E-state index in [1.54, 1.807) is 0 Å². The van der Waals surface area contributed by atoms with Gasteiger partial charge in [-0.25, -0.2) is 0 Å². The summed E-state index contributed by atoms with van der Waals surface area (Å²) in [7, 11) is 0. The van der Waals surface area contributed by atoms with E-state index in [0.29, 0.717) is 0 Å². The number of hydrogen-bond donors (Lipinski definition) is 1. The second-order valence-electron chi connectivity index (χ2n) is 4.00. The van der Waals surface area contributed by atoms with Gasteiger partial charge in [0.2, 0.25) is 5.91 Å². The summed E-state index contributed by atoms with van der Waals surface area (Å²) < 4.78 is 1.06. The molecule has 2 rings (SSSR count). The molecule has 1 heterocycles. The van der Waals surface area contributed by atoms with Crippen molar-refractivity contribution in [1.29, 1.82) is 0 Å². The van der Waals surface area contributed by atoms with Gasteiger partial charge >= 0.3 is 0 Å². The Kier molecular flexibility index (Phi) is 5.43. The van der Waals surface area contributed by atoms with Crippen LogP contribution in [0.4, 0.5) is 0 Å². The lowest BCUT2D eigenvalue weighted by Gasteiger charge is -2.24. The van der Waals surface area contributed by atoms with Crippen molar-refractivity contribution in [3.8, 4) is 0 Å². The minimum Gasteiger partial charge on any atom is -0.335 e. The van der Waals surface area contributed by atoms with Crippen LogP contribution in [0.5, 0.6) is 0 Å². The van der Waals surface area contributed by atoms with Crippen LogP contribution in [-0.4, -0.2) is 23.9 Å². The van der Waals surface area contributed by atoms with Crippen LogP contribution in [0.1, 0.15) is 24.4 Å². The lowest BCUT2D eigenvalue weighted by Crippen LogP contribution is -2.35. The Labute approximate surface area is 116 Å². The molecule has 0 saturated carbocycles. The highest BCUT2D eigenvalue weighted by Crippen LogP contribution is 2.32. The number of nitrogens with two attached hydrogens (primary N) is 1. The number of rotatable bonds is 2. The van der Waals surface area contributed by atoms with E-state index < -0.39 is 0 Å². The molecule has 1 atom stereocenters. The zero-order valence-electron chi connectivity index (χ0n) is 9.43. The van der Waals surface area contributed by atoms with E-state index >= 15 is 0 Å². The van der Waals surface area contributed by atoms with Crippen molar-refractivity contribution < 1.29 is 4.79 Å². The topological polar surface area (TPSA) is 46.3 Å². The largest absolute Gasteiger partial charge is 0.335 e. The van der Waals surface area contributed by atoms with Crippen molar-refractivity contribution in [2.45, 2.75) is 18.9 Å². The molecule has 5 heteroatoms. The fraction of sp³-hybridized carbons (Fsp3) is 0.417. The van der Waals surface area contributed by atoms with E-state index in [9.17, 15) is 4.79 Å². The highest BCUT2D eigenvalue weighted by molar-refractivity contribution is 9.10. The van der Waals surface area contributed by atoms with Crippen molar-refractivity contribution in [1.82, 2.24) is 4.90 Å². The molecule has 94 valence electrons. The summed E-state index contributed by atoms with van der Waals surface area (Å²) in [6.45, 7) is 0.934. The normalized spacial score (nSPS) is 18.9. The van der Waals surface area contributed by atoms with E-state index in [2.05, 4.69) is 28.1 Å². The molecule has 1 amide bonds. The summed E-state index contributed by atoms with van der Waals surface area (Å²) in [6, 6.07) is 8.37. The minimum absolute atomic E-state index is 0. The Balaban J connectivity index is 0.00000144. The van der Waals surface area contributed by atoms with E-state index in [-0.39, 0.29) is 30.9 Å². The van der Waals surface area contributed by atoms with Gasteiger partial charge in [0.15, 0.2) is 0 Å². The van der Waals surface area contributed by atoms with Gasteiger partial charge < -0.3 is 10.6 Å². The van der Waals surface area contributed by atoms with E-state index in [1.807, 2.05) is 17.0 Å². The predicted molar refractivity (Wildman–Crippen MR) is 74.1 cm³/mol. The molecule has 0 spiro atoms. The van der Waals surface area contributed by atoms with Crippen LogP contribution in [0.2, 0.25) is 0 Å². The first-order valence-corrected chi connectivity index (χ1v) is 6.26. The Morgan fingerprint density at radius 2 is 2.06 bits per heavy atom. The van der Waals surface area contributed by atoms with Gasteiger partial charge in [0.1, 0.15) is 0 Å². The molecule has 1 unspecified atom stereocenters. The second kappa shape index (κ2) is 6.38. The molecule has 1 aliphatic rings. The highest BCUT2D eigenvalue weighted by atomic mass is 79.9. The van der Waals surface area contributed by atoms with Gasteiger partial charge in [-0.15, -0.1) is 12.4 Å². The van der Waals surface area contributed by atoms with Crippen molar-refractivity contribution in [2.24, 2.45) is 5.73 Å². The average molecular weight is 320 g/mol. The summed E-state index contributed by atoms with van der Waals surface area (Å²) in [5.41, 5.74) is 6.61. The first-order valence-electron chi connectivity index (χ1n) is 5.47. The van der Waals surface area contributed by atoms with E-state index in [4.69, 9.17) is 5.73 Å². The predicted octanol–water partition coefficient (Wildman–Crippen LogP) is 2.49. The number of nitrogens with zero attached hydrogens (tertiary/aromatic N) is 1. The first-order chi connectivity index (χ1) is 7.72. The highest BCUT2D eigenvalue weighted by Gasteiger charge is 2.28. The first kappa shape index (κ1) is 14.5. The molecule has 0 radical (unpaired) electrons. The Hall–Kier alpha value is -0.580. The number of amides is 1. The van der Waals surface area contributed by atoms with Crippen LogP contribution in [0.15, 0.2) is 28.7 Å². The number of halogens is 2. The van der Waals surface area contributed by atoms with Crippen LogP contribution in [0, 0.1) is 0 Å². The molecule has 1 aromatic rings. The molecule has 0 bridgehead atoms. The molecule has 0 aliphatic carbocycles. The summed E-state index contributed by atoms with van der Waals surface area (Å²) in [5.74, 6) is 0.0467. The van der Waals surface area contributed by atoms with Gasteiger partial charge in [-0.2, -0.15) is 0 Å². The monoisotopic (exact) mass is 318 g/mol. The molecular formula is C12H16BrClN2O. The SMILES string of the molecule is Cl.NCC(=O)N1CCCC1c1ccc(Br)cc1. The number of carbonyl (C=O) groups is 1. The van der Waals surface area contributed by atoms with Crippen molar-refractivity contribution in [3.63, 3.8) is 0 Å². The van der Waals surface area contributed by atoms with Gasteiger partial charge in [-0.05, 0) is 30.5 Å². The van der Waals surface area contributed by atoms with Crippen LogP contribution in [-0.2, 0) is 4.79 Å². The van der Waals surface area contributed by atoms with Crippen molar-refractivity contribution in [3.05, 3.63) is 34.3 Å².